The maximum Gasteiger partial charge on any atom is 0.293 e. The first-order valence-electron chi connectivity index (χ1n) is 12.7. The van der Waals surface area contributed by atoms with Gasteiger partial charge < -0.3 is 4.74 Å². The van der Waals surface area contributed by atoms with E-state index in [1.165, 1.54) is 89.0 Å². The van der Waals surface area contributed by atoms with Gasteiger partial charge in [-0.1, -0.05) is 51.2 Å². The van der Waals surface area contributed by atoms with Gasteiger partial charge in [0.1, 0.15) is 5.60 Å². The molecule has 0 radical (unpaired) electrons. The lowest BCUT2D eigenvalue weighted by molar-refractivity contribution is -0.135. The summed E-state index contributed by atoms with van der Waals surface area (Å²) in [5, 5.41) is 0. The van der Waals surface area contributed by atoms with Crippen molar-refractivity contribution in [2.45, 2.75) is 129 Å². The van der Waals surface area contributed by atoms with E-state index in [0.29, 0.717) is 6.47 Å². The highest BCUT2D eigenvalue weighted by atomic mass is 16.5. The molecule has 3 rings (SSSR count). The molecule has 2 aliphatic carbocycles. The Balaban J connectivity index is 1.32. The predicted octanol–water partition coefficient (Wildman–Crippen LogP) is 7.80. The fourth-order valence-electron chi connectivity index (χ4n) is 5.05. The lowest BCUT2D eigenvalue weighted by atomic mass is 9.91. The Morgan fingerprint density at radius 3 is 2.10 bits per heavy atom. The molecule has 0 aliphatic heterocycles. The highest BCUT2D eigenvalue weighted by molar-refractivity contribution is 5.40. The molecule has 2 nitrogen and oxygen atoms in total. The third-order valence-corrected chi connectivity index (χ3v) is 7.94. The van der Waals surface area contributed by atoms with Crippen molar-refractivity contribution in [3.05, 3.63) is 34.4 Å². The van der Waals surface area contributed by atoms with Gasteiger partial charge in [0.25, 0.3) is 6.47 Å². The van der Waals surface area contributed by atoms with Crippen molar-refractivity contribution in [3.63, 3.8) is 0 Å². The molecule has 2 fully saturated rings. The summed E-state index contributed by atoms with van der Waals surface area (Å²) in [6, 6.07) is 4.72. The molecule has 0 saturated heterocycles. The number of unbranched alkanes of at least 4 members (excludes halogenated alkanes) is 6. The quantitative estimate of drug-likeness (QED) is 0.204. The van der Waals surface area contributed by atoms with Crippen LogP contribution in [0.1, 0.15) is 119 Å². The van der Waals surface area contributed by atoms with E-state index >= 15 is 0 Å². The lowest BCUT2D eigenvalue weighted by Crippen LogP contribution is -2.12. The van der Waals surface area contributed by atoms with Gasteiger partial charge in [-0.05, 0) is 112 Å². The lowest BCUT2D eigenvalue weighted by Gasteiger charge is -2.15. The first-order valence-corrected chi connectivity index (χ1v) is 12.7. The third-order valence-electron chi connectivity index (χ3n) is 7.94. The summed E-state index contributed by atoms with van der Waals surface area (Å²) < 4.78 is 5.25. The molecule has 168 valence electrons. The first kappa shape index (κ1) is 23.4. The zero-order valence-corrected chi connectivity index (χ0v) is 19.9. The first-order chi connectivity index (χ1) is 14.5. The van der Waals surface area contributed by atoms with E-state index in [1.54, 1.807) is 16.7 Å². The number of rotatable bonds is 16. The second kappa shape index (κ2) is 10.8. The zero-order chi connectivity index (χ0) is 21.5. The summed E-state index contributed by atoms with van der Waals surface area (Å²) in [5.74, 6) is 0. The SMILES string of the molecule is Cc1ccc(CCCCCCC2(C)CC2)c(C)c1CCCCCCC1(OC=O)CC1. The van der Waals surface area contributed by atoms with Crippen molar-refractivity contribution >= 4 is 6.47 Å². The van der Waals surface area contributed by atoms with Crippen molar-refractivity contribution in [2.24, 2.45) is 5.41 Å². The van der Waals surface area contributed by atoms with E-state index in [4.69, 9.17) is 4.74 Å². The van der Waals surface area contributed by atoms with E-state index < -0.39 is 0 Å². The minimum atomic E-state index is -0.0703. The van der Waals surface area contributed by atoms with Crippen LogP contribution >= 0.6 is 0 Å². The van der Waals surface area contributed by atoms with Crippen LogP contribution in [0.25, 0.3) is 0 Å². The molecule has 0 bridgehead atoms. The molecule has 0 unspecified atom stereocenters. The van der Waals surface area contributed by atoms with Gasteiger partial charge in [0, 0.05) is 0 Å². The minimum absolute atomic E-state index is 0.0703. The van der Waals surface area contributed by atoms with Crippen LogP contribution in [0.3, 0.4) is 0 Å². The highest BCUT2D eigenvalue weighted by Gasteiger charge is 2.44. The number of aryl methyl sites for hydroxylation is 2. The van der Waals surface area contributed by atoms with Gasteiger partial charge in [0.2, 0.25) is 0 Å². The van der Waals surface area contributed by atoms with Gasteiger partial charge in [-0.3, -0.25) is 4.79 Å². The smallest absolute Gasteiger partial charge is 0.293 e. The number of hydrogen-bond acceptors (Lipinski definition) is 2. The number of hydrogen-bond donors (Lipinski definition) is 0. The van der Waals surface area contributed by atoms with Crippen LogP contribution in [0.15, 0.2) is 12.1 Å². The van der Waals surface area contributed by atoms with Crippen LogP contribution in [0, 0.1) is 19.3 Å². The van der Waals surface area contributed by atoms with Crippen molar-refractivity contribution in [1.82, 2.24) is 0 Å². The van der Waals surface area contributed by atoms with Gasteiger partial charge >= 0.3 is 0 Å². The van der Waals surface area contributed by atoms with Crippen LogP contribution in [-0.2, 0) is 22.4 Å². The molecule has 0 atom stereocenters. The third kappa shape index (κ3) is 7.13. The van der Waals surface area contributed by atoms with Gasteiger partial charge in [-0.15, -0.1) is 0 Å². The molecule has 2 saturated carbocycles. The molecular weight excluding hydrogens is 368 g/mol. The predicted molar refractivity (Wildman–Crippen MR) is 126 cm³/mol. The Bertz CT molecular complexity index is 682. The number of ether oxygens (including phenoxy) is 1. The molecular formula is C28H44O2. The summed E-state index contributed by atoms with van der Waals surface area (Å²) in [7, 11) is 0. The van der Waals surface area contributed by atoms with Gasteiger partial charge in [-0.2, -0.15) is 0 Å². The maximum atomic E-state index is 10.6. The fourth-order valence-corrected chi connectivity index (χ4v) is 5.05. The van der Waals surface area contributed by atoms with E-state index in [-0.39, 0.29) is 5.60 Å². The van der Waals surface area contributed by atoms with Gasteiger partial charge in [0.05, 0.1) is 0 Å². The summed E-state index contributed by atoms with van der Waals surface area (Å²) >= 11 is 0. The Hall–Kier alpha value is -1.31. The van der Waals surface area contributed by atoms with Crippen LogP contribution in [0.2, 0.25) is 0 Å². The molecule has 0 N–H and O–H groups in total. The molecule has 2 aliphatic rings. The Kier molecular flexibility index (Phi) is 8.43. The second-order valence-corrected chi connectivity index (χ2v) is 10.7. The minimum Gasteiger partial charge on any atom is -0.461 e. The topological polar surface area (TPSA) is 26.3 Å². The summed E-state index contributed by atoms with van der Waals surface area (Å²) in [6.07, 6.45) is 20.6. The van der Waals surface area contributed by atoms with Crippen molar-refractivity contribution in [1.29, 1.82) is 0 Å². The number of carbonyl (C=O) groups excluding carboxylic acids is 1. The summed E-state index contributed by atoms with van der Waals surface area (Å²) in [5.41, 5.74) is 6.84. The molecule has 2 heteroatoms. The highest BCUT2D eigenvalue weighted by Crippen LogP contribution is 2.49. The van der Waals surface area contributed by atoms with Crippen molar-refractivity contribution < 1.29 is 9.53 Å². The van der Waals surface area contributed by atoms with E-state index in [9.17, 15) is 4.79 Å². The monoisotopic (exact) mass is 412 g/mol. The van der Waals surface area contributed by atoms with Crippen molar-refractivity contribution in [3.8, 4) is 0 Å². The average Bonchev–Trinajstić information content (AvgIpc) is 3.64. The van der Waals surface area contributed by atoms with E-state index in [2.05, 4.69) is 32.9 Å². The second-order valence-electron chi connectivity index (χ2n) is 10.7. The molecule has 0 aromatic heterocycles. The molecule has 1 aromatic carbocycles. The summed E-state index contributed by atoms with van der Waals surface area (Å²) in [4.78, 5) is 10.6. The normalized spacial score (nSPS) is 18.2. The molecule has 0 amide bonds. The molecule has 0 heterocycles. The van der Waals surface area contributed by atoms with Crippen LogP contribution < -0.4 is 0 Å². The van der Waals surface area contributed by atoms with E-state index in [1.807, 2.05) is 0 Å². The van der Waals surface area contributed by atoms with Crippen LogP contribution in [0.4, 0.5) is 0 Å². The van der Waals surface area contributed by atoms with E-state index in [0.717, 1.165) is 24.7 Å². The standard InChI is InChI=1S/C28H44O2/c1-23-14-15-25(12-8-4-6-10-16-27(3)18-19-27)24(2)26(23)13-9-5-7-11-17-28(20-21-28)30-22-29/h14-15,22H,4-13,16-21H2,1-3H3. The number of carbonyl (C=O) groups is 1. The molecule has 0 spiro atoms. The fraction of sp³-hybridized carbons (Fsp3) is 0.750. The van der Waals surface area contributed by atoms with Crippen molar-refractivity contribution in [2.75, 3.05) is 0 Å². The Morgan fingerprint density at radius 2 is 1.47 bits per heavy atom. The van der Waals surface area contributed by atoms with Gasteiger partial charge in [0.15, 0.2) is 0 Å². The largest absolute Gasteiger partial charge is 0.461 e. The van der Waals surface area contributed by atoms with Crippen LogP contribution in [-0.4, -0.2) is 12.1 Å². The molecule has 30 heavy (non-hydrogen) atoms. The van der Waals surface area contributed by atoms with Gasteiger partial charge in [-0.25, -0.2) is 0 Å². The maximum absolute atomic E-state index is 10.6. The Morgan fingerprint density at radius 1 is 0.833 bits per heavy atom. The Labute approximate surface area is 185 Å². The van der Waals surface area contributed by atoms with Crippen LogP contribution in [0.5, 0.6) is 0 Å². The zero-order valence-electron chi connectivity index (χ0n) is 19.9. The average molecular weight is 413 g/mol. The number of benzene rings is 1. The molecule has 1 aromatic rings. The summed E-state index contributed by atoms with van der Waals surface area (Å²) in [6.45, 7) is 7.72.